The first-order chi connectivity index (χ1) is 3.70. The smallest absolute Gasteiger partial charge is 0.620 e. The first kappa shape index (κ1) is 9.16. The zero-order valence-corrected chi connectivity index (χ0v) is 6.36. The zero-order valence-electron chi connectivity index (χ0n) is 5.55. The molecule has 0 saturated carbocycles. The van der Waals surface area contributed by atoms with Crippen molar-refractivity contribution in [2.75, 3.05) is 0 Å². The van der Waals surface area contributed by atoms with Crippen molar-refractivity contribution in [2.24, 2.45) is 0 Å². The molecule has 1 saturated heterocycles. The molecule has 0 aromatic heterocycles. The van der Waals surface area contributed by atoms with Gasteiger partial charge >= 0.3 is 18.9 Å². The second-order valence-corrected chi connectivity index (χ2v) is 2.92. The first-order valence-electron chi connectivity index (χ1n) is 2.31. The Morgan fingerprint density at radius 2 is 2.33 bits per heavy atom. The van der Waals surface area contributed by atoms with Crippen molar-refractivity contribution in [3.05, 3.63) is 17.6 Å². The van der Waals surface area contributed by atoms with E-state index in [1.807, 2.05) is 6.92 Å². The minimum atomic E-state index is -0.109. The SMILES string of the molecule is C=C1[N-]C(=O)SC1C.[Li+]. The quantitative estimate of drug-likeness (QED) is 0.404. The molecule has 1 amide bonds. The van der Waals surface area contributed by atoms with E-state index in [4.69, 9.17) is 0 Å². The molecule has 1 aliphatic heterocycles. The summed E-state index contributed by atoms with van der Waals surface area (Å²) in [6, 6.07) is 0. The topological polar surface area (TPSA) is 31.2 Å². The Morgan fingerprint density at radius 3 is 2.44 bits per heavy atom. The van der Waals surface area contributed by atoms with Crippen LogP contribution in [0.1, 0.15) is 6.92 Å². The Balaban J connectivity index is 0.000000640. The van der Waals surface area contributed by atoms with Gasteiger partial charge in [0.05, 0.1) is 0 Å². The standard InChI is InChI=1S/C5H7NOS.Li/c1-3-4(2)8-5(7)6-3;/h4H,1H2,2H3,(H,6,7);/q;+1/p-1. The van der Waals surface area contributed by atoms with Gasteiger partial charge in [0.15, 0.2) is 0 Å². The number of nitrogens with zero attached hydrogens (tertiary/aromatic N) is 1. The maximum Gasteiger partial charge on any atom is 1.00 e. The molecule has 1 atom stereocenters. The van der Waals surface area contributed by atoms with Crippen LogP contribution in [0.5, 0.6) is 0 Å². The maximum absolute atomic E-state index is 10.4. The van der Waals surface area contributed by atoms with Gasteiger partial charge in [-0.15, -0.1) is 18.3 Å². The molecule has 0 spiro atoms. The molecule has 2 nitrogen and oxygen atoms in total. The van der Waals surface area contributed by atoms with Crippen LogP contribution in [0.4, 0.5) is 4.79 Å². The van der Waals surface area contributed by atoms with Crippen molar-refractivity contribution in [1.29, 1.82) is 0 Å². The maximum atomic E-state index is 10.4. The number of carbonyl (C=O) groups excluding carboxylic acids is 1. The summed E-state index contributed by atoms with van der Waals surface area (Å²) in [6.45, 7) is 5.50. The van der Waals surface area contributed by atoms with E-state index in [9.17, 15) is 4.79 Å². The Labute approximate surface area is 70.6 Å². The average Bonchev–Trinajstić information content (AvgIpc) is 1.85. The molecule has 0 bridgehead atoms. The van der Waals surface area contributed by atoms with Gasteiger partial charge in [-0.2, -0.15) is 5.70 Å². The van der Waals surface area contributed by atoms with Crippen LogP contribution in [0.15, 0.2) is 12.3 Å². The minimum absolute atomic E-state index is 0. The molecule has 44 valence electrons. The van der Waals surface area contributed by atoms with Crippen molar-refractivity contribution in [2.45, 2.75) is 12.2 Å². The molecule has 1 fully saturated rings. The summed E-state index contributed by atoms with van der Waals surface area (Å²) in [5.74, 6) is 0. The summed E-state index contributed by atoms with van der Waals surface area (Å²) in [7, 11) is 0. The van der Waals surface area contributed by atoms with Crippen molar-refractivity contribution in [3.63, 3.8) is 0 Å². The number of carbonyl (C=O) groups is 1. The van der Waals surface area contributed by atoms with Crippen LogP contribution < -0.4 is 18.9 Å². The summed E-state index contributed by atoms with van der Waals surface area (Å²) in [6.07, 6.45) is 0. The van der Waals surface area contributed by atoms with Gasteiger partial charge in [0, 0.05) is 5.25 Å². The van der Waals surface area contributed by atoms with Gasteiger partial charge in [-0.25, -0.2) is 0 Å². The van der Waals surface area contributed by atoms with Gasteiger partial charge in [-0.05, 0) is 0 Å². The third-order valence-corrected chi connectivity index (χ3v) is 1.90. The Bertz CT molecular complexity index is 148. The number of rotatable bonds is 0. The summed E-state index contributed by atoms with van der Waals surface area (Å²) >= 11 is 1.22. The van der Waals surface area contributed by atoms with Crippen LogP contribution >= 0.6 is 11.8 Å². The molecular weight excluding hydrogens is 129 g/mol. The summed E-state index contributed by atoms with van der Waals surface area (Å²) in [5.41, 5.74) is 0.694. The van der Waals surface area contributed by atoms with E-state index in [2.05, 4.69) is 11.9 Å². The molecule has 4 heteroatoms. The molecule has 9 heavy (non-hydrogen) atoms. The fourth-order valence-corrected chi connectivity index (χ4v) is 1.11. The molecule has 1 rings (SSSR count). The van der Waals surface area contributed by atoms with Crippen LogP contribution in [0.2, 0.25) is 0 Å². The van der Waals surface area contributed by atoms with E-state index in [1.165, 1.54) is 11.8 Å². The molecule has 1 unspecified atom stereocenters. The molecule has 1 aliphatic rings. The monoisotopic (exact) mass is 135 g/mol. The average molecular weight is 135 g/mol. The van der Waals surface area contributed by atoms with Gasteiger partial charge in [0.25, 0.3) is 0 Å². The van der Waals surface area contributed by atoms with E-state index in [0.717, 1.165) is 0 Å². The predicted molar refractivity (Wildman–Crippen MR) is 34.9 cm³/mol. The van der Waals surface area contributed by atoms with Crippen molar-refractivity contribution >= 4 is 17.0 Å². The van der Waals surface area contributed by atoms with Gasteiger partial charge in [0.1, 0.15) is 5.24 Å². The first-order valence-corrected chi connectivity index (χ1v) is 3.19. The third-order valence-electron chi connectivity index (χ3n) is 0.982. The molecule has 0 aromatic carbocycles. The van der Waals surface area contributed by atoms with E-state index in [1.54, 1.807) is 0 Å². The normalized spacial score (nSPS) is 25.2. The Morgan fingerprint density at radius 1 is 1.78 bits per heavy atom. The van der Waals surface area contributed by atoms with E-state index in [0.29, 0.717) is 5.70 Å². The van der Waals surface area contributed by atoms with E-state index < -0.39 is 0 Å². The van der Waals surface area contributed by atoms with Crippen LogP contribution in [0, 0.1) is 0 Å². The fraction of sp³-hybridized carbons (Fsp3) is 0.400. The molecule has 0 aromatic rings. The zero-order chi connectivity index (χ0) is 6.15. The number of thioether (sulfide) groups is 1. The van der Waals surface area contributed by atoms with Crippen LogP contribution in [-0.2, 0) is 0 Å². The van der Waals surface area contributed by atoms with Gasteiger partial charge in [0.2, 0.25) is 0 Å². The van der Waals surface area contributed by atoms with Crippen molar-refractivity contribution in [3.8, 4) is 0 Å². The minimum Gasteiger partial charge on any atom is -0.620 e. The summed E-state index contributed by atoms with van der Waals surface area (Å²) in [5, 5.41) is 3.69. The fourth-order valence-electron chi connectivity index (χ4n) is 0.454. The van der Waals surface area contributed by atoms with Gasteiger partial charge < -0.3 is 10.1 Å². The Hall–Kier alpha value is 0.157. The van der Waals surface area contributed by atoms with Gasteiger partial charge in [-0.1, -0.05) is 6.92 Å². The van der Waals surface area contributed by atoms with E-state index >= 15 is 0 Å². The number of hydrogen-bond acceptors (Lipinski definition) is 2. The van der Waals surface area contributed by atoms with Crippen LogP contribution in [0.3, 0.4) is 0 Å². The van der Waals surface area contributed by atoms with E-state index in [-0.39, 0.29) is 29.3 Å². The molecule has 0 N–H and O–H groups in total. The van der Waals surface area contributed by atoms with Crippen LogP contribution in [0.25, 0.3) is 5.32 Å². The van der Waals surface area contributed by atoms with Gasteiger partial charge in [-0.3, -0.25) is 0 Å². The third kappa shape index (κ3) is 2.09. The van der Waals surface area contributed by atoms with Crippen LogP contribution in [-0.4, -0.2) is 10.5 Å². The predicted octanol–water partition coefficient (Wildman–Crippen LogP) is -0.867. The summed E-state index contributed by atoms with van der Waals surface area (Å²) < 4.78 is 0. The molecular formula is C5H6LiNOS. The van der Waals surface area contributed by atoms with Crippen molar-refractivity contribution < 1.29 is 23.7 Å². The second-order valence-electron chi connectivity index (χ2n) is 1.63. The number of hydrogen-bond donors (Lipinski definition) is 0. The second kappa shape index (κ2) is 3.36. The Kier molecular flexibility index (Phi) is 3.42. The van der Waals surface area contributed by atoms with Crippen molar-refractivity contribution in [1.82, 2.24) is 0 Å². The molecule has 0 aliphatic carbocycles. The molecule has 1 heterocycles. The molecule has 0 radical (unpaired) electrons. The summed E-state index contributed by atoms with van der Waals surface area (Å²) in [4.78, 5) is 10.4. The number of amides is 1. The largest absolute Gasteiger partial charge is 1.00 e.